The average Bonchev–Trinajstić information content (AvgIpc) is 2.47. The lowest BCUT2D eigenvalue weighted by Crippen LogP contribution is -2.31. The predicted molar refractivity (Wildman–Crippen MR) is 74.3 cm³/mol. The first kappa shape index (κ1) is 12.0. The van der Waals surface area contributed by atoms with Gasteiger partial charge in [0.25, 0.3) is 0 Å². The van der Waals surface area contributed by atoms with Crippen LogP contribution in [0.4, 0.5) is 5.95 Å². The zero-order valence-corrected chi connectivity index (χ0v) is 11.0. The van der Waals surface area contributed by atoms with E-state index in [2.05, 4.69) is 27.9 Å². The van der Waals surface area contributed by atoms with Gasteiger partial charge in [-0.2, -0.15) is 0 Å². The van der Waals surface area contributed by atoms with Gasteiger partial charge in [0, 0.05) is 31.0 Å². The van der Waals surface area contributed by atoms with Crippen LogP contribution < -0.4 is 4.90 Å². The van der Waals surface area contributed by atoms with E-state index in [4.69, 9.17) is 0 Å². The molecule has 98 valence electrons. The van der Waals surface area contributed by atoms with Crippen LogP contribution in [-0.4, -0.2) is 21.6 Å². The normalized spacial score (nSPS) is 14.3. The van der Waals surface area contributed by atoms with E-state index in [0.29, 0.717) is 5.75 Å². The highest BCUT2D eigenvalue weighted by Gasteiger charge is 2.20. The van der Waals surface area contributed by atoms with Crippen molar-refractivity contribution in [2.75, 3.05) is 11.4 Å². The van der Waals surface area contributed by atoms with Crippen molar-refractivity contribution in [3.63, 3.8) is 0 Å². The highest BCUT2D eigenvalue weighted by molar-refractivity contribution is 5.45. The first-order valence-corrected chi connectivity index (χ1v) is 6.63. The Hall–Kier alpha value is -2.10. The smallest absolute Gasteiger partial charge is 0.225 e. The Balaban J connectivity index is 1.85. The van der Waals surface area contributed by atoms with Crippen LogP contribution in [0.5, 0.6) is 5.75 Å². The maximum atomic E-state index is 9.83. The summed E-state index contributed by atoms with van der Waals surface area (Å²) in [5.74, 6) is 1.17. The molecule has 19 heavy (non-hydrogen) atoms. The highest BCUT2D eigenvalue weighted by atomic mass is 16.3. The summed E-state index contributed by atoms with van der Waals surface area (Å²) in [6, 6.07) is 5.70. The van der Waals surface area contributed by atoms with Gasteiger partial charge >= 0.3 is 0 Å². The van der Waals surface area contributed by atoms with Crippen LogP contribution >= 0.6 is 0 Å². The van der Waals surface area contributed by atoms with E-state index >= 15 is 0 Å². The molecule has 0 spiro atoms. The lowest BCUT2D eigenvalue weighted by Gasteiger charge is -2.29. The number of rotatable bonds is 2. The summed E-state index contributed by atoms with van der Waals surface area (Å²) in [6.07, 6.45) is 5.57. The first-order valence-electron chi connectivity index (χ1n) is 6.63. The minimum atomic E-state index is 0.402. The molecule has 2 heterocycles. The molecule has 1 aromatic heterocycles. The topological polar surface area (TPSA) is 49.2 Å². The van der Waals surface area contributed by atoms with Crippen LogP contribution in [0, 0.1) is 0 Å². The molecule has 0 fully saturated rings. The second-order valence-corrected chi connectivity index (χ2v) is 4.83. The monoisotopic (exact) mass is 255 g/mol. The van der Waals surface area contributed by atoms with Crippen LogP contribution in [0.25, 0.3) is 0 Å². The number of phenols is 1. The van der Waals surface area contributed by atoms with Crippen LogP contribution in [0.3, 0.4) is 0 Å². The molecule has 0 saturated heterocycles. The second kappa shape index (κ2) is 4.88. The van der Waals surface area contributed by atoms with Crippen molar-refractivity contribution in [1.29, 1.82) is 0 Å². The minimum absolute atomic E-state index is 0.402. The maximum Gasteiger partial charge on any atom is 0.225 e. The van der Waals surface area contributed by atoms with E-state index in [1.807, 2.05) is 18.5 Å². The summed E-state index contributed by atoms with van der Waals surface area (Å²) in [5.41, 5.74) is 3.37. The minimum Gasteiger partial charge on any atom is -0.508 e. The van der Waals surface area contributed by atoms with E-state index in [0.717, 1.165) is 48.6 Å². The predicted octanol–water partition coefficient (Wildman–Crippen LogP) is 2.31. The van der Waals surface area contributed by atoms with Crippen LogP contribution in [0.15, 0.2) is 30.6 Å². The lowest BCUT2D eigenvalue weighted by atomic mass is 9.99. The van der Waals surface area contributed by atoms with Gasteiger partial charge in [0.2, 0.25) is 5.95 Å². The molecular weight excluding hydrogens is 238 g/mol. The Kier molecular flexibility index (Phi) is 3.07. The highest BCUT2D eigenvalue weighted by Crippen LogP contribution is 2.28. The van der Waals surface area contributed by atoms with Gasteiger partial charge in [0.15, 0.2) is 0 Å². The van der Waals surface area contributed by atoms with Crippen molar-refractivity contribution in [1.82, 2.24) is 9.97 Å². The maximum absolute atomic E-state index is 9.83. The van der Waals surface area contributed by atoms with Gasteiger partial charge in [0.1, 0.15) is 5.75 Å². The quantitative estimate of drug-likeness (QED) is 0.894. The van der Waals surface area contributed by atoms with Gasteiger partial charge in [-0.25, -0.2) is 9.97 Å². The van der Waals surface area contributed by atoms with E-state index in [1.165, 1.54) is 0 Å². The molecule has 0 amide bonds. The molecule has 0 saturated carbocycles. The Bertz CT molecular complexity index is 580. The van der Waals surface area contributed by atoms with Crippen molar-refractivity contribution >= 4 is 5.95 Å². The summed E-state index contributed by atoms with van der Waals surface area (Å²) in [5, 5.41) is 9.83. The zero-order valence-electron chi connectivity index (χ0n) is 11.0. The van der Waals surface area contributed by atoms with Crippen molar-refractivity contribution in [2.45, 2.75) is 26.3 Å². The number of fused-ring (bicyclic) bond motifs is 1. The molecule has 1 N–H and O–H groups in total. The third-order valence-corrected chi connectivity index (χ3v) is 3.62. The van der Waals surface area contributed by atoms with E-state index in [1.54, 1.807) is 6.07 Å². The fourth-order valence-electron chi connectivity index (χ4n) is 2.45. The van der Waals surface area contributed by atoms with E-state index < -0.39 is 0 Å². The fourth-order valence-corrected chi connectivity index (χ4v) is 2.45. The Morgan fingerprint density at radius 2 is 2.05 bits per heavy atom. The molecular formula is C15H17N3O. The van der Waals surface area contributed by atoms with Crippen LogP contribution in [0.1, 0.15) is 23.6 Å². The molecule has 0 radical (unpaired) electrons. The standard InChI is InChI=1S/C15H17N3O/c1-2-11-8-16-15(17-9-11)18-7-6-13-12(10-18)4-3-5-14(13)19/h3-5,8-9,19H,2,6-7,10H2,1H3. The number of hydrogen-bond donors (Lipinski definition) is 1. The number of aromatic nitrogens is 2. The number of aryl methyl sites for hydroxylation is 1. The number of aromatic hydroxyl groups is 1. The lowest BCUT2D eigenvalue weighted by molar-refractivity contribution is 0.464. The van der Waals surface area contributed by atoms with Crippen molar-refractivity contribution < 1.29 is 5.11 Å². The largest absolute Gasteiger partial charge is 0.508 e. The molecule has 4 nitrogen and oxygen atoms in total. The summed E-state index contributed by atoms with van der Waals surface area (Å²) in [6.45, 7) is 3.70. The fraction of sp³-hybridized carbons (Fsp3) is 0.333. The molecule has 1 aliphatic heterocycles. The molecule has 1 aromatic carbocycles. The molecule has 0 bridgehead atoms. The Morgan fingerprint density at radius 3 is 2.79 bits per heavy atom. The van der Waals surface area contributed by atoms with Gasteiger partial charge in [-0.05, 0) is 30.0 Å². The summed E-state index contributed by atoms with van der Waals surface area (Å²) in [4.78, 5) is 11.0. The zero-order chi connectivity index (χ0) is 13.2. The van der Waals surface area contributed by atoms with E-state index in [9.17, 15) is 5.11 Å². The van der Waals surface area contributed by atoms with Crippen LogP contribution in [-0.2, 0) is 19.4 Å². The first-order chi connectivity index (χ1) is 9.28. The third-order valence-electron chi connectivity index (χ3n) is 3.62. The summed E-state index contributed by atoms with van der Waals surface area (Å²) >= 11 is 0. The summed E-state index contributed by atoms with van der Waals surface area (Å²) in [7, 11) is 0. The number of anilines is 1. The number of phenolic OH excluding ortho intramolecular Hbond substituents is 1. The molecule has 0 aliphatic carbocycles. The second-order valence-electron chi connectivity index (χ2n) is 4.83. The number of benzene rings is 1. The van der Waals surface area contributed by atoms with Gasteiger partial charge < -0.3 is 10.0 Å². The SMILES string of the molecule is CCc1cnc(N2CCc3c(O)cccc3C2)nc1. The molecule has 2 aromatic rings. The number of hydrogen-bond acceptors (Lipinski definition) is 4. The van der Waals surface area contributed by atoms with Crippen molar-refractivity contribution in [3.05, 3.63) is 47.3 Å². The molecule has 3 rings (SSSR count). The Morgan fingerprint density at radius 1 is 1.26 bits per heavy atom. The van der Waals surface area contributed by atoms with Gasteiger partial charge in [-0.15, -0.1) is 0 Å². The molecule has 1 aliphatic rings. The Labute approximate surface area is 112 Å². The number of nitrogens with zero attached hydrogens (tertiary/aromatic N) is 3. The van der Waals surface area contributed by atoms with Gasteiger partial charge in [0.05, 0.1) is 0 Å². The van der Waals surface area contributed by atoms with Gasteiger partial charge in [-0.1, -0.05) is 19.1 Å². The third kappa shape index (κ3) is 2.26. The molecule has 4 heteroatoms. The van der Waals surface area contributed by atoms with Crippen LogP contribution in [0.2, 0.25) is 0 Å². The van der Waals surface area contributed by atoms with Gasteiger partial charge in [-0.3, -0.25) is 0 Å². The molecule has 0 unspecified atom stereocenters. The van der Waals surface area contributed by atoms with Crippen molar-refractivity contribution in [3.8, 4) is 5.75 Å². The van der Waals surface area contributed by atoms with E-state index in [-0.39, 0.29) is 0 Å². The average molecular weight is 255 g/mol. The van der Waals surface area contributed by atoms with Crippen molar-refractivity contribution in [2.24, 2.45) is 0 Å². The molecule has 0 atom stereocenters. The summed E-state index contributed by atoms with van der Waals surface area (Å²) < 4.78 is 0.